The summed E-state index contributed by atoms with van der Waals surface area (Å²) >= 11 is 10.2. The molecule has 0 aliphatic rings. The van der Waals surface area contributed by atoms with Gasteiger partial charge in [0.2, 0.25) is 0 Å². The monoisotopic (exact) mass is 212 g/mol. The van der Waals surface area contributed by atoms with Crippen LogP contribution in [0, 0.1) is 9.41 Å². The van der Waals surface area contributed by atoms with Crippen molar-refractivity contribution in [3.63, 3.8) is 0 Å². The number of imidazole rings is 1. The zero-order valence-corrected chi connectivity index (χ0v) is 8.87. The highest BCUT2D eigenvalue weighted by Gasteiger charge is 2.04. The molecular formula is C7H8N4S2. The van der Waals surface area contributed by atoms with Crippen LogP contribution in [-0.2, 0) is 14.1 Å². The maximum atomic E-state index is 5.15. The van der Waals surface area contributed by atoms with Crippen LogP contribution in [0.5, 0.6) is 0 Å². The summed E-state index contributed by atoms with van der Waals surface area (Å²) in [5, 5.41) is 0. The lowest BCUT2D eigenvalue weighted by Gasteiger charge is -2.00. The number of nitrogens with zero attached hydrogens (tertiary/aromatic N) is 3. The zero-order valence-electron chi connectivity index (χ0n) is 7.24. The van der Waals surface area contributed by atoms with Gasteiger partial charge in [-0.15, -0.1) is 0 Å². The van der Waals surface area contributed by atoms with Crippen LogP contribution < -0.4 is 0 Å². The summed E-state index contributed by atoms with van der Waals surface area (Å²) in [6.45, 7) is 0. The molecule has 0 fully saturated rings. The number of fused-ring (bicyclic) bond motifs is 1. The third-order valence-electron chi connectivity index (χ3n) is 1.98. The van der Waals surface area contributed by atoms with Crippen molar-refractivity contribution in [3.05, 3.63) is 15.7 Å². The first-order valence-electron chi connectivity index (χ1n) is 3.71. The lowest BCUT2D eigenvalue weighted by atomic mass is 10.5. The van der Waals surface area contributed by atoms with Crippen LogP contribution in [0.1, 0.15) is 0 Å². The Morgan fingerprint density at radius 1 is 1.38 bits per heavy atom. The van der Waals surface area contributed by atoms with Gasteiger partial charge < -0.3 is 14.1 Å². The molecule has 4 nitrogen and oxygen atoms in total. The summed E-state index contributed by atoms with van der Waals surface area (Å²) < 4.78 is 4.91. The Morgan fingerprint density at radius 2 is 2.08 bits per heavy atom. The first-order chi connectivity index (χ1) is 6.11. The minimum absolute atomic E-state index is 0.594. The van der Waals surface area contributed by atoms with Crippen molar-refractivity contribution in [3.8, 4) is 0 Å². The first-order valence-corrected chi connectivity index (χ1v) is 4.53. The number of aryl methyl sites for hydroxylation is 2. The van der Waals surface area contributed by atoms with Gasteiger partial charge >= 0.3 is 0 Å². The van der Waals surface area contributed by atoms with E-state index in [0.29, 0.717) is 9.41 Å². The minimum Gasteiger partial charge on any atom is -0.330 e. The van der Waals surface area contributed by atoms with E-state index in [9.17, 15) is 0 Å². The quantitative estimate of drug-likeness (QED) is 0.675. The fourth-order valence-electron chi connectivity index (χ4n) is 1.26. The molecule has 2 heterocycles. The number of hydrogen-bond donors (Lipinski definition) is 1. The largest absolute Gasteiger partial charge is 0.330 e. The van der Waals surface area contributed by atoms with Gasteiger partial charge in [0.05, 0.1) is 6.33 Å². The zero-order chi connectivity index (χ0) is 9.59. The summed E-state index contributed by atoms with van der Waals surface area (Å²) in [6, 6.07) is 0. The Kier molecular flexibility index (Phi) is 1.81. The third-order valence-corrected chi connectivity index (χ3v) is 2.65. The maximum absolute atomic E-state index is 5.15. The fourth-order valence-corrected chi connectivity index (χ4v) is 1.85. The highest BCUT2D eigenvalue weighted by Crippen LogP contribution is 2.10. The van der Waals surface area contributed by atoms with Crippen molar-refractivity contribution in [2.24, 2.45) is 14.1 Å². The number of nitrogens with one attached hydrogen (secondary N) is 1. The second-order valence-electron chi connectivity index (χ2n) is 2.85. The average Bonchev–Trinajstić information content (AvgIpc) is 2.44. The van der Waals surface area contributed by atoms with Crippen LogP contribution >= 0.6 is 24.4 Å². The van der Waals surface area contributed by atoms with E-state index in [1.54, 1.807) is 10.9 Å². The Morgan fingerprint density at radius 3 is 2.77 bits per heavy atom. The molecule has 0 bridgehead atoms. The van der Waals surface area contributed by atoms with Crippen LogP contribution in [0.2, 0.25) is 0 Å². The van der Waals surface area contributed by atoms with Crippen molar-refractivity contribution in [1.82, 2.24) is 19.1 Å². The van der Waals surface area contributed by atoms with Crippen molar-refractivity contribution in [2.75, 3.05) is 0 Å². The Bertz CT molecular complexity index is 574. The third kappa shape index (κ3) is 1.13. The van der Waals surface area contributed by atoms with Crippen LogP contribution in [0.25, 0.3) is 11.2 Å². The van der Waals surface area contributed by atoms with E-state index in [2.05, 4.69) is 9.97 Å². The lowest BCUT2D eigenvalue weighted by molar-refractivity contribution is 0.870. The average molecular weight is 212 g/mol. The van der Waals surface area contributed by atoms with Crippen molar-refractivity contribution >= 4 is 35.6 Å². The van der Waals surface area contributed by atoms with Crippen LogP contribution in [0.4, 0.5) is 0 Å². The maximum Gasteiger partial charge on any atom is 0.179 e. The molecule has 1 N–H and O–H groups in total. The molecule has 0 aliphatic heterocycles. The molecule has 0 spiro atoms. The molecule has 0 amide bonds. The summed E-state index contributed by atoms with van der Waals surface area (Å²) in [7, 11) is 3.77. The van der Waals surface area contributed by atoms with Gasteiger partial charge in [0.1, 0.15) is 10.2 Å². The topological polar surface area (TPSA) is 38.5 Å². The van der Waals surface area contributed by atoms with Gasteiger partial charge in [-0.2, -0.15) is 0 Å². The molecule has 0 aliphatic carbocycles. The SMILES string of the molecule is Cn1cnc2c1c(=S)[nH]c(=S)n2C. The van der Waals surface area contributed by atoms with Crippen LogP contribution in [0.3, 0.4) is 0 Å². The van der Waals surface area contributed by atoms with Gasteiger partial charge in [-0.25, -0.2) is 4.98 Å². The molecule has 2 aromatic heterocycles. The standard InChI is InChI=1S/C7H8N4S2/c1-10-3-8-5-4(10)6(12)9-7(13)11(5)2/h3H,1-2H3,(H,9,12,13). The predicted octanol–water partition coefficient (Wildman–Crippen LogP) is 1.70. The van der Waals surface area contributed by atoms with E-state index >= 15 is 0 Å². The molecular weight excluding hydrogens is 204 g/mol. The fraction of sp³-hybridized carbons (Fsp3) is 0.286. The Labute approximate surface area is 84.8 Å². The molecule has 2 rings (SSSR count). The lowest BCUT2D eigenvalue weighted by Crippen LogP contribution is -1.99. The highest BCUT2D eigenvalue weighted by atomic mass is 32.1. The summed E-state index contributed by atoms with van der Waals surface area (Å²) in [4.78, 5) is 7.15. The molecule has 0 radical (unpaired) electrons. The van der Waals surface area contributed by atoms with Gasteiger partial charge in [-0.05, 0) is 12.2 Å². The van der Waals surface area contributed by atoms with E-state index in [1.807, 2.05) is 18.7 Å². The Balaban J connectivity index is 3.18. The number of rotatable bonds is 0. The summed E-state index contributed by atoms with van der Waals surface area (Å²) in [5.74, 6) is 0. The molecule has 0 unspecified atom stereocenters. The molecule has 0 aromatic carbocycles. The van der Waals surface area contributed by atoms with Gasteiger partial charge in [0, 0.05) is 14.1 Å². The van der Waals surface area contributed by atoms with Gasteiger partial charge in [-0.1, -0.05) is 12.2 Å². The van der Waals surface area contributed by atoms with E-state index in [0.717, 1.165) is 11.2 Å². The normalized spacial score (nSPS) is 10.9. The summed E-state index contributed by atoms with van der Waals surface area (Å²) in [6.07, 6.45) is 1.73. The predicted molar refractivity (Wildman–Crippen MR) is 55.7 cm³/mol. The highest BCUT2D eigenvalue weighted by molar-refractivity contribution is 7.72. The molecule has 0 atom stereocenters. The molecule has 68 valence electrons. The van der Waals surface area contributed by atoms with Crippen molar-refractivity contribution in [2.45, 2.75) is 0 Å². The molecule has 6 heteroatoms. The second kappa shape index (κ2) is 2.74. The molecule has 13 heavy (non-hydrogen) atoms. The molecule has 0 saturated carbocycles. The van der Waals surface area contributed by atoms with E-state index in [-0.39, 0.29) is 0 Å². The number of hydrogen-bond acceptors (Lipinski definition) is 3. The van der Waals surface area contributed by atoms with Crippen molar-refractivity contribution < 1.29 is 0 Å². The van der Waals surface area contributed by atoms with Crippen LogP contribution in [0.15, 0.2) is 6.33 Å². The van der Waals surface area contributed by atoms with Crippen LogP contribution in [-0.4, -0.2) is 19.1 Å². The van der Waals surface area contributed by atoms with E-state index in [4.69, 9.17) is 24.4 Å². The second-order valence-corrected chi connectivity index (χ2v) is 3.64. The van der Waals surface area contributed by atoms with E-state index in [1.165, 1.54) is 0 Å². The van der Waals surface area contributed by atoms with Gasteiger partial charge in [0.15, 0.2) is 10.4 Å². The van der Waals surface area contributed by atoms with E-state index < -0.39 is 0 Å². The summed E-state index contributed by atoms with van der Waals surface area (Å²) in [5.41, 5.74) is 1.72. The Hall–Kier alpha value is -1.01. The van der Waals surface area contributed by atoms with Crippen molar-refractivity contribution in [1.29, 1.82) is 0 Å². The first kappa shape index (κ1) is 8.58. The molecule has 2 aromatic rings. The number of H-pyrrole nitrogens is 1. The number of aromatic nitrogens is 4. The molecule has 0 saturated heterocycles. The minimum atomic E-state index is 0.594. The smallest absolute Gasteiger partial charge is 0.179 e. The number of aromatic amines is 1. The van der Waals surface area contributed by atoms with Gasteiger partial charge in [-0.3, -0.25) is 0 Å². The van der Waals surface area contributed by atoms with Gasteiger partial charge in [0.25, 0.3) is 0 Å².